The van der Waals surface area contributed by atoms with Crippen molar-refractivity contribution in [3.05, 3.63) is 11.9 Å². The summed E-state index contributed by atoms with van der Waals surface area (Å²) in [7, 11) is 0. The fraction of sp³-hybridized carbons (Fsp3) is 0.643. The summed E-state index contributed by atoms with van der Waals surface area (Å²) < 4.78 is 0. The standard InChI is InChI=1S/C14H26N6O/c1-5-20(6-2)13(21)7-8-16-11-9-12(19-15)18-14(17-11)10(3)4/h9-10H,5-8,15H2,1-4H3,(H2,16,17,18,19). The molecule has 0 aliphatic heterocycles. The SMILES string of the molecule is CCN(CC)C(=O)CCNc1cc(NN)nc(C(C)C)n1. The van der Waals surface area contributed by atoms with Crippen LogP contribution in [0.25, 0.3) is 0 Å². The van der Waals surface area contributed by atoms with E-state index in [1.807, 2.05) is 32.6 Å². The lowest BCUT2D eigenvalue weighted by atomic mass is 10.2. The number of nitrogens with zero attached hydrogens (tertiary/aromatic N) is 3. The number of carbonyl (C=O) groups excluding carboxylic acids is 1. The van der Waals surface area contributed by atoms with Crippen LogP contribution in [0.3, 0.4) is 0 Å². The van der Waals surface area contributed by atoms with Gasteiger partial charge < -0.3 is 15.6 Å². The maximum Gasteiger partial charge on any atom is 0.224 e. The van der Waals surface area contributed by atoms with E-state index < -0.39 is 0 Å². The Morgan fingerprint density at radius 3 is 2.43 bits per heavy atom. The number of aromatic nitrogens is 2. The maximum absolute atomic E-state index is 11.9. The van der Waals surface area contributed by atoms with Crippen molar-refractivity contribution in [3.8, 4) is 0 Å². The third-order valence-corrected chi connectivity index (χ3v) is 3.17. The molecule has 0 radical (unpaired) electrons. The minimum Gasteiger partial charge on any atom is -0.369 e. The molecule has 1 amide bonds. The highest BCUT2D eigenvalue weighted by Gasteiger charge is 2.10. The molecule has 118 valence electrons. The fourth-order valence-corrected chi connectivity index (χ4v) is 1.92. The van der Waals surface area contributed by atoms with E-state index in [0.717, 1.165) is 13.1 Å². The molecule has 21 heavy (non-hydrogen) atoms. The number of nitrogen functional groups attached to an aromatic ring is 1. The van der Waals surface area contributed by atoms with E-state index in [4.69, 9.17) is 5.84 Å². The van der Waals surface area contributed by atoms with Crippen molar-refractivity contribution in [1.82, 2.24) is 14.9 Å². The number of nitrogens with one attached hydrogen (secondary N) is 2. The predicted octanol–water partition coefficient (Wildman–Crippen LogP) is 1.56. The monoisotopic (exact) mass is 294 g/mol. The third kappa shape index (κ3) is 5.18. The number of amides is 1. The number of nitrogens with two attached hydrogens (primary N) is 1. The average Bonchev–Trinajstić information content (AvgIpc) is 2.48. The van der Waals surface area contributed by atoms with Gasteiger partial charge in [0.2, 0.25) is 5.91 Å². The smallest absolute Gasteiger partial charge is 0.224 e. The molecule has 1 aromatic rings. The van der Waals surface area contributed by atoms with Gasteiger partial charge in [0.1, 0.15) is 17.5 Å². The Bertz CT molecular complexity index is 459. The van der Waals surface area contributed by atoms with Crippen LogP contribution in [0.1, 0.15) is 45.9 Å². The van der Waals surface area contributed by atoms with Gasteiger partial charge in [0.15, 0.2) is 0 Å². The zero-order valence-electron chi connectivity index (χ0n) is 13.3. The van der Waals surface area contributed by atoms with Gasteiger partial charge >= 0.3 is 0 Å². The van der Waals surface area contributed by atoms with Crippen LogP contribution in [0.4, 0.5) is 11.6 Å². The van der Waals surface area contributed by atoms with Crippen LogP contribution >= 0.6 is 0 Å². The average molecular weight is 294 g/mol. The molecule has 0 aromatic carbocycles. The molecule has 0 atom stereocenters. The molecule has 1 heterocycles. The van der Waals surface area contributed by atoms with Gasteiger partial charge in [-0.05, 0) is 13.8 Å². The van der Waals surface area contributed by atoms with Gasteiger partial charge in [-0.3, -0.25) is 4.79 Å². The zero-order valence-corrected chi connectivity index (χ0v) is 13.3. The summed E-state index contributed by atoms with van der Waals surface area (Å²) in [5.74, 6) is 7.71. The van der Waals surface area contributed by atoms with Gasteiger partial charge in [0, 0.05) is 38.0 Å². The van der Waals surface area contributed by atoms with Gasteiger partial charge in [-0.2, -0.15) is 0 Å². The lowest BCUT2D eigenvalue weighted by Gasteiger charge is -2.18. The minimum atomic E-state index is 0.141. The van der Waals surface area contributed by atoms with Crippen molar-refractivity contribution >= 4 is 17.5 Å². The van der Waals surface area contributed by atoms with E-state index in [2.05, 4.69) is 20.7 Å². The topological polar surface area (TPSA) is 96.2 Å². The van der Waals surface area contributed by atoms with E-state index in [1.165, 1.54) is 0 Å². The van der Waals surface area contributed by atoms with E-state index in [-0.39, 0.29) is 11.8 Å². The molecular weight excluding hydrogens is 268 g/mol. The number of hydrogen-bond acceptors (Lipinski definition) is 6. The Morgan fingerprint density at radius 1 is 1.29 bits per heavy atom. The first-order chi connectivity index (χ1) is 10.0. The van der Waals surface area contributed by atoms with Crippen LogP contribution in [0.2, 0.25) is 0 Å². The summed E-state index contributed by atoms with van der Waals surface area (Å²) in [6, 6.07) is 1.73. The first kappa shape index (κ1) is 17.2. The predicted molar refractivity (Wildman–Crippen MR) is 85.0 cm³/mol. The summed E-state index contributed by atoms with van der Waals surface area (Å²) in [5.41, 5.74) is 2.53. The van der Waals surface area contributed by atoms with Crippen LogP contribution in [-0.2, 0) is 4.79 Å². The molecule has 0 fully saturated rings. The molecule has 0 unspecified atom stereocenters. The first-order valence-electron chi connectivity index (χ1n) is 7.39. The fourth-order valence-electron chi connectivity index (χ4n) is 1.92. The van der Waals surface area contributed by atoms with Gasteiger partial charge in [-0.15, -0.1) is 0 Å². The highest BCUT2D eigenvalue weighted by atomic mass is 16.2. The first-order valence-corrected chi connectivity index (χ1v) is 7.39. The third-order valence-electron chi connectivity index (χ3n) is 3.17. The summed E-state index contributed by atoms with van der Waals surface area (Å²) in [6.45, 7) is 10.0. The Labute approximate surface area is 126 Å². The van der Waals surface area contributed by atoms with Gasteiger partial charge in [0.25, 0.3) is 0 Å². The van der Waals surface area contributed by atoms with Crippen molar-refractivity contribution in [2.24, 2.45) is 5.84 Å². The second-order valence-corrected chi connectivity index (χ2v) is 5.04. The molecule has 7 heteroatoms. The number of anilines is 2. The van der Waals surface area contributed by atoms with E-state index >= 15 is 0 Å². The van der Waals surface area contributed by atoms with Crippen LogP contribution in [0.15, 0.2) is 6.07 Å². The van der Waals surface area contributed by atoms with Crippen molar-refractivity contribution in [1.29, 1.82) is 0 Å². The van der Waals surface area contributed by atoms with Crippen LogP contribution in [0.5, 0.6) is 0 Å². The summed E-state index contributed by atoms with van der Waals surface area (Å²) in [5, 5.41) is 3.15. The molecule has 0 spiro atoms. The highest BCUT2D eigenvalue weighted by Crippen LogP contribution is 2.16. The zero-order chi connectivity index (χ0) is 15.8. The normalized spacial score (nSPS) is 10.6. The number of rotatable bonds is 8. The van der Waals surface area contributed by atoms with Gasteiger partial charge in [-0.1, -0.05) is 13.8 Å². The second kappa shape index (κ2) is 8.41. The largest absolute Gasteiger partial charge is 0.369 e. The lowest BCUT2D eigenvalue weighted by Crippen LogP contribution is -2.31. The highest BCUT2D eigenvalue weighted by molar-refractivity contribution is 5.76. The number of hydrogen-bond donors (Lipinski definition) is 3. The van der Waals surface area contributed by atoms with E-state index in [9.17, 15) is 4.79 Å². The van der Waals surface area contributed by atoms with Crippen LogP contribution in [-0.4, -0.2) is 40.4 Å². The number of carbonyl (C=O) groups is 1. The van der Waals surface area contributed by atoms with Crippen LogP contribution in [0, 0.1) is 0 Å². The van der Waals surface area contributed by atoms with Crippen molar-refractivity contribution in [3.63, 3.8) is 0 Å². The maximum atomic E-state index is 11.9. The molecule has 4 N–H and O–H groups in total. The second-order valence-electron chi connectivity index (χ2n) is 5.04. The molecule has 0 saturated carbocycles. The Kier molecular flexibility index (Phi) is 6.87. The Hall–Kier alpha value is -1.89. The molecule has 0 aliphatic rings. The van der Waals surface area contributed by atoms with Gasteiger partial charge in [0.05, 0.1) is 0 Å². The summed E-state index contributed by atoms with van der Waals surface area (Å²) in [4.78, 5) is 22.4. The van der Waals surface area contributed by atoms with Crippen molar-refractivity contribution < 1.29 is 4.79 Å². The van der Waals surface area contributed by atoms with E-state index in [0.29, 0.717) is 30.4 Å². The molecule has 1 rings (SSSR count). The van der Waals surface area contributed by atoms with E-state index in [1.54, 1.807) is 6.07 Å². The molecule has 0 bridgehead atoms. The van der Waals surface area contributed by atoms with Crippen molar-refractivity contribution in [2.45, 2.75) is 40.0 Å². The quantitative estimate of drug-likeness (QED) is 0.497. The Morgan fingerprint density at radius 2 is 1.90 bits per heavy atom. The minimum absolute atomic E-state index is 0.141. The molecule has 0 saturated heterocycles. The van der Waals surface area contributed by atoms with Gasteiger partial charge in [-0.25, -0.2) is 15.8 Å². The summed E-state index contributed by atoms with van der Waals surface area (Å²) >= 11 is 0. The van der Waals surface area contributed by atoms with Crippen LogP contribution < -0.4 is 16.6 Å². The lowest BCUT2D eigenvalue weighted by molar-refractivity contribution is -0.130. The molecule has 0 aliphatic carbocycles. The Balaban J connectivity index is 2.63. The molecule has 7 nitrogen and oxygen atoms in total. The molecule has 1 aromatic heterocycles. The summed E-state index contributed by atoms with van der Waals surface area (Å²) in [6.07, 6.45) is 0.439. The number of hydrazine groups is 1. The molecular formula is C14H26N6O. The van der Waals surface area contributed by atoms with Crippen molar-refractivity contribution in [2.75, 3.05) is 30.4 Å².